The van der Waals surface area contributed by atoms with E-state index in [1.54, 1.807) is 18.2 Å². The number of amides is 1. The smallest absolute Gasteiger partial charge is 0.258 e. The van der Waals surface area contributed by atoms with Gasteiger partial charge in [0.1, 0.15) is 0 Å². The van der Waals surface area contributed by atoms with E-state index in [9.17, 15) is 4.79 Å². The summed E-state index contributed by atoms with van der Waals surface area (Å²) in [4.78, 5) is 20.0. The molecule has 0 saturated carbocycles. The Bertz CT molecular complexity index is 856. The number of rotatable bonds is 8. The maximum absolute atomic E-state index is 12.6. The highest BCUT2D eigenvalue weighted by Crippen LogP contribution is 2.29. The van der Waals surface area contributed by atoms with Gasteiger partial charge in [-0.05, 0) is 43.2 Å². The number of benzene rings is 2. The van der Waals surface area contributed by atoms with Gasteiger partial charge in [-0.2, -0.15) is 0 Å². The van der Waals surface area contributed by atoms with Crippen molar-refractivity contribution in [2.75, 3.05) is 18.5 Å². The molecule has 1 heterocycles. The third-order valence-corrected chi connectivity index (χ3v) is 3.75. The first-order valence-electron chi connectivity index (χ1n) is 8.87. The Morgan fingerprint density at radius 1 is 1.04 bits per heavy atom. The number of hydrogen-bond acceptors (Lipinski definition) is 4. The van der Waals surface area contributed by atoms with Crippen molar-refractivity contribution in [2.45, 2.75) is 26.7 Å². The molecule has 0 saturated heterocycles. The average molecular weight is 353 g/mol. The van der Waals surface area contributed by atoms with Crippen LogP contribution in [0.4, 0.5) is 5.95 Å². The molecule has 1 amide bonds. The molecule has 6 heteroatoms. The van der Waals surface area contributed by atoms with Crippen LogP contribution in [0.3, 0.4) is 0 Å². The van der Waals surface area contributed by atoms with Crippen LogP contribution in [0.25, 0.3) is 11.0 Å². The number of carbonyl (C=O) groups excluding carboxylic acids is 1. The van der Waals surface area contributed by atoms with Gasteiger partial charge in [-0.1, -0.05) is 26.0 Å². The lowest BCUT2D eigenvalue weighted by atomic mass is 10.2. The van der Waals surface area contributed by atoms with Crippen LogP contribution >= 0.6 is 0 Å². The maximum atomic E-state index is 12.6. The van der Waals surface area contributed by atoms with E-state index in [-0.39, 0.29) is 5.91 Å². The number of anilines is 1. The molecule has 3 aromatic rings. The Morgan fingerprint density at radius 3 is 2.50 bits per heavy atom. The summed E-state index contributed by atoms with van der Waals surface area (Å²) in [6.07, 6.45) is 1.78. The van der Waals surface area contributed by atoms with E-state index < -0.39 is 0 Å². The summed E-state index contributed by atoms with van der Waals surface area (Å²) in [6.45, 7) is 5.25. The number of para-hydroxylation sites is 2. The molecule has 0 bridgehead atoms. The van der Waals surface area contributed by atoms with Gasteiger partial charge in [-0.25, -0.2) is 4.98 Å². The molecule has 0 unspecified atom stereocenters. The summed E-state index contributed by atoms with van der Waals surface area (Å²) in [5.41, 5.74) is 2.16. The molecule has 0 fully saturated rings. The van der Waals surface area contributed by atoms with Crippen molar-refractivity contribution in [3.05, 3.63) is 48.0 Å². The first-order valence-corrected chi connectivity index (χ1v) is 8.87. The summed E-state index contributed by atoms with van der Waals surface area (Å²) >= 11 is 0. The Labute approximate surface area is 152 Å². The third kappa shape index (κ3) is 4.14. The Kier molecular flexibility index (Phi) is 5.73. The summed E-state index contributed by atoms with van der Waals surface area (Å²) in [6, 6.07) is 12.8. The fourth-order valence-electron chi connectivity index (χ4n) is 2.50. The second kappa shape index (κ2) is 8.38. The van der Waals surface area contributed by atoms with Gasteiger partial charge < -0.3 is 14.5 Å². The number of aromatic amines is 1. The van der Waals surface area contributed by atoms with Gasteiger partial charge in [0.25, 0.3) is 5.91 Å². The highest BCUT2D eigenvalue weighted by Gasteiger charge is 2.13. The topological polar surface area (TPSA) is 76.2 Å². The van der Waals surface area contributed by atoms with E-state index in [4.69, 9.17) is 9.47 Å². The zero-order valence-corrected chi connectivity index (χ0v) is 15.0. The first-order chi connectivity index (χ1) is 12.7. The molecule has 0 spiro atoms. The SMILES string of the molecule is CCCOc1ccc(C(=O)Nc2nc3ccccc3[nH]2)cc1OCCC. The highest BCUT2D eigenvalue weighted by atomic mass is 16.5. The van der Waals surface area contributed by atoms with Crippen LogP contribution in [0.15, 0.2) is 42.5 Å². The lowest BCUT2D eigenvalue weighted by Gasteiger charge is -2.13. The van der Waals surface area contributed by atoms with Crippen molar-refractivity contribution < 1.29 is 14.3 Å². The predicted molar refractivity (Wildman–Crippen MR) is 102 cm³/mol. The minimum absolute atomic E-state index is 0.257. The monoisotopic (exact) mass is 353 g/mol. The molecular weight excluding hydrogens is 330 g/mol. The number of fused-ring (bicyclic) bond motifs is 1. The van der Waals surface area contributed by atoms with E-state index >= 15 is 0 Å². The van der Waals surface area contributed by atoms with Gasteiger partial charge in [0, 0.05) is 5.56 Å². The average Bonchev–Trinajstić information content (AvgIpc) is 3.07. The van der Waals surface area contributed by atoms with Crippen molar-refractivity contribution in [3.63, 3.8) is 0 Å². The van der Waals surface area contributed by atoms with E-state index in [2.05, 4.69) is 15.3 Å². The largest absolute Gasteiger partial charge is 0.490 e. The van der Waals surface area contributed by atoms with Gasteiger partial charge in [0.05, 0.1) is 24.2 Å². The highest BCUT2D eigenvalue weighted by molar-refractivity contribution is 6.04. The number of hydrogen-bond donors (Lipinski definition) is 2. The van der Waals surface area contributed by atoms with E-state index in [0.29, 0.717) is 36.2 Å². The Balaban J connectivity index is 1.78. The number of ether oxygens (including phenoxy) is 2. The minimum atomic E-state index is -0.257. The van der Waals surface area contributed by atoms with Crippen molar-refractivity contribution >= 4 is 22.9 Å². The van der Waals surface area contributed by atoms with Crippen LogP contribution in [0, 0.1) is 0 Å². The van der Waals surface area contributed by atoms with Crippen molar-refractivity contribution in [1.82, 2.24) is 9.97 Å². The molecule has 6 nitrogen and oxygen atoms in total. The quantitative estimate of drug-likeness (QED) is 0.629. The minimum Gasteiger partial charge on any atom is -0.490 e. The molecule has 0 aliphatic rings. The van der Waals surface area contributed by atoms with Crippen LogP contribution in [0.5, 0.6) is 11.5 Å². The van der Waals surface area contributed by atoms with E-state index in [1.807, 2.05) is 38.1 Å². The van der Waals surface area contributed by atoms with Crippen molar-refractivity contribution in [2.24, 2.45) is 0 Å². The van der Waals surface area contributed by atoms with Gasteiger partial charge in [-0.3, -0.25) is 10.1 Å². The van der Waals surface area contributed by atoms with Crippen LogP contribution in [-0.2, 0) is 0 Å². The summed E-state index contributed by atoms with van der Waals surface area (Å²) in [5, 5.41) is 2.79. The second-order valence-electron chi connectivity index (χ2n) is 5.92. The second-order valence-corrected chi connectivity index (χ2v) is 5.92. The summed E-state index contributed by atoms with van der Waals surface area (Å²) < 4.78 is 11.4. The third-order valence-electron chi connectivity index (χ3n) is 3.75. The fraction of sp³-hybridized carbons (Fsp3) is 0.300. The number of nitrogens with zero attached hydrogens (tertiary/aromatic N) is 1. The van der Waals surface area contributed by atoms with Crippen molar-refractivity contribution in [3.8, 4) is 11.5 Å². The lowest BCUT2D eigenvalue weighted by molar-refractivity contribution is 0.102. The van der Waals surface area contributed by atoms with E-state index in [1.165, 1.54) is 0 Å². The van der Waals surface area contributed by atoms with Gasteiger partial charge in [0.15, 0.2) is 11.5 Å². The standard InChI is InChI=1S/C20H23N3O3/c1-3-11-25-17-10-9-14(13-18(17)26-12-4-2)19(24)23-20-21-15-7-5-6-8-16(15)22-20/h5-10,13H,3-4,11-12H2,1-2H3,(H2,21,22,23,24). The molecular formula is C20H23N3O3. The molecule has 2 N–H and O–H groups in total. The molecule has 0 radical (unpaired) electrons. The van der Waals surface area contributed by atoms with Crippen LogP contribution in [-0.4, -0.2) is 29.1 Å². The zero-order chi connectivity index (χ0) is 18.4. The predicted octanol–water partition coefficient (Wildman–Crippen LogP) is 4.39. The molecule has 0 aliphatic heterocycles. The molecule has 3 rings (SSSR count). The maximum Gasteiger partial charge on any atom is 0.258 e. The molecule has 136 valence electrons. The molecule has 2 aromatic carbocycles. The normalized spacial score (nSPS) is 10.7. The number of carbonyl (C=O) groups is 1. The van der Waals surface area contributed by atoms with Gasteiger partial charge in [-0.15, -0.1) is 0 Å². The van der Waals surface area contributed by atoms with E-state index in [0.717, 1.165) is 23.9 Å². The zero-order valence-electron chi connectivity index (χ0n) is 15.0. The number of nitrogens with one attached hydrogen (secondary N) is 2. The summed E-state index contributed by atoms with van der Waals surface area (Å²) in [7, 11) is 0. The lowest BCUT2D eigenvalue weighted by Crippen LogP contribution is -2.13. The molecule has 0 atom stereocenters. The van der Waals surface area contributed by atoms with Crippen LogP contribution in [0.1, 0.15) is 37.0 Å². The van der Waals surface area contributed by atoms with Gasteiger partial charge in [0.2, 0.25) is 5.95 Å². The van der Waals surface area contributed by atoms with Gasteiger partial charge >= 0.3 is 0 Å². The Hall–Kier alpha value is -3.02. The molecule has 0 aliphatic carbocycles. The fourth-order valence-corrected chi connectivity index (χ4v) is 2.50. The number of imidazole rings is 1. The Morgan fingerprint density at radius 2 is 1.77 bits per heavy atom. The van der Waals surface area contributed by atoms with Crippen LogP contribution in [0.2, 0.25) is 0 Å². The van der Waals surface area contributed by atoms with Crippen molar-refractivity contribution in [1.29, 1.82) is 0 Å². The summed E-state index contributed by atoms with van der Waals surface area (Å²) in [5.74, 6) is 1.39. The number of aromatic nitrogens is 2. The first kappa shape index (κ1) is 17.8. The van der Waals surface area contributed by atoms with Crippen LogP contribution < -0.4 is 14.8 Å². The number of H-pyrrole nitrogens is 1. The molecule has 26 heavy (non-hydrogen) atoms. The molecule has 1 aromatic heterocycles.